The number of nitrogens with one attached hydrogen (secondary N) is 1. The van der Waals surface area contributed by atoms with Crippen molar-refractivity contribution in [3.05, 3.63) is 77.2 Å². The molecule has 0 spiro atoms. The van der Waals surface area contributed by atoms with E-state index in [1.54, 1.807) is 12.4 Å². The fourth-order valence-corrected chi connectivity index (χ4v) is 3.95. The van der Waals surface area contributed by atoms with Crippen LogP contribution in [-0.2, 0) is 16.8 Å². The molecule has 5 nitrogen and oxygen atoms in total. The Labute approximate surface area is 163 Å². The first-order valence-electron chi connectivity index (χ1n) is 9.16. The molecule has 2 aromatic heterocycles. The van der Waals surface area contributed by atoms with Crippen LogP contribution in [0.4, 0.5) is 5.82 Å². The number of hydrogen-bond donors (Lipinski definition) is 1. The lowest BCUT2D eigenvalue weighted by atomic mass is 9.78. The van der Waals surface area contributed by atoms with Crippen molar-refractivity contribution < 1.29 is 4.79 Å². The highest BCUT2D eigenvalue weighted by molar-refractivity contribution is 6.30. The van der Waals surface area contributed by atoms with Crippen LogP contribution >= 0.6 is 11.6 Å². The molecule has 27 heavy (non-hydrogen) atoms. The molecule has 2 heterocycles. The first kappa shape index (κ1) is 17.7. The van der Waals surface area contributed by atoms with E-state index in [-0.39, 0.29) is 5.91 Å². The maximum absolute atomic E-state index is 13.2. The van der Waals surface area contributed by atoms with Gasteiger partial charge < -0.3 is 5.32 Å². The molecule has 1 saturated carbocycles. The van der Waals surface area contributed by atoms with E-state index in [0.717, 1.165) is 36.8 Å². The van der Waals surface area contributed by atoms with Gasteiger partial charge >= 0.3 is 0 Å². The zero-order valence-electron chi connectivity index (χ0n) is 14.9. The number of nitrogens with zero attached hydrogens (tertiary/aromatic N) is 3. The minimum absolute atomic E-state index is 0.0106. The van der Waals surface area contributed by atoms with Crippen LogP contribution in [0.5, 0.6) is 0 Å². The average Bonchev–Trinajstić information content (AvgIpc) is 3.34. The first-order chi connectivity index (χ1) is 13.2. The van der Waals surface area contributed by atoms with E-state index in [1.165, 1.54) is 0 Å². The number of rotatable bonds is 5. The van der Waals surface area contributed by atoms with Gasteiger partial charge in [-0.3, -0.25) is 14.5 Å². The van der Waals surface area contributed by atoms with E-state index in [1.807, 2.05) is 53.3 Å². The molecule has 1 amide bonds. The molecular weight excluding hydrogens is 360 g/mol. The predicted octanol–water partition coefficient (Wildman–Crippen LogP) is 4.43. The number of anilines is 1. The number of amides is 1. The number of aromatic nitrogens is 3. The summed E-state index contributed by atoms with van der Waals surface area (Å²) in [7, 11) is 0. The highest BCUT2D eigenvalue weighted by atomic mass is 35.5. The molecule has 1 aromatic carbocycles. The van der Waals surface area contributed by atoms with Crippen molar-refractivity contribution >= 4 is 23.3 Å². The SMILES string of the molecule is O=C(Nc1ccn(Cc2ccncc2)n1)C1(c2ccc(Cl)cc2)CCCC1. The maximum Gasteiger partial charge on any atom is 0.236 e. The molecule has 0 aliphatic heterocycles. The van der Waals surface area contributed by atoms with Gasteiger partial charge in [0.1, 0.15) is 0 Å². The summed E-state index contributed by atoms with van der Waals surface area (Å²) in [6, 6.07) is 13.4. The lowest BCUT2D eigenvalue weighted by Crippen LogP contribution is -2.38. The van der Waals surface area contributed by atoms with Crippen LogP contribution in [0.2, 0.25) is 5.02 Å². The monoisotopic (exact) mass is 380 g/mol. The van der Waals surface area contributed by atoms with Crippen molar-refractivity contribution in [2.75, 3.05) is 5.32 Å². The van der Waals surface area contributed by atoms with E-state index < -0.39 is 5.41 Å². The molecule has 1 fully saturated rings. The number of hydrogen-bond acceptors (Lipinski definition) is 3. The summed E-state index contributed by atoms with van der Waals surface area (Å²) in [5.41, 5.74) is 1.64. The number of halogens is 1. The van der Waals surface area contributed by atoms with E-state index in [9.17, 15) is 4.79 Å². The molecule has 1 aliphatic carbocycles. The maximum atomic E-state index is 13.2. The Morgan fingerprint density at radius 3 is 2.48 bits per heavy atom. The Hall–Kier alpha value is -2.66. The Bertz CT molecular complexity index is 915. The Balaban J connectivity index is 1.51. The molecule has 4 rings (SSSR count). The molecule has 3 aromatic rings. The second-order valence-electron chi connectivity index (χ2n) is 7.00. The highest BCUT2D eigenvalue weighted by Crippen LogP contribution is 2.42. The second kappa shape index (κ2) is 7.53. The number of carbonyl (C=O) groups excluding carboxylic acids is 1. The van der Waals surface area contributed by atoms with Crippen molar-refractivity contribution in [3.8, 4) is 0 Å². The van der Waals surface area contributed by atoms with Gasteiger partial charge in [-0.25, -0.2) is 0 Å². The molecule has 0 saturated heterocycles. The molecule has 0 radical (unpaired) electrons. The summed E-state index contributed by atoms with van der Waals surface area (Å²) in [6.45, 7) is 0.640. The van der Waals surface area contributed by atoms with Crippen LogP contribution in [0.3, 0.4) is 0 Å². The third-order valence-electron chi connectivity index (χ3n) is 5.26. The Morgan fingerprint density at radius 1 is 1.07 bits per heavy atom. The number of benzene rings is 1. The lowest BCUT2D eigenvalue weighted by Gasteiger charge is -2.28. The normalized spacial score (nSPS) is 15.6. The van der Waals surface area contributed by atoms with Crippen LogP contribution in [0.15, 0.2) is 61.1 Å². The predicted molar refractivity (Wildman–Crippen MR) is 106 cm³/mol. The van der Waals surface area contributed by atoms with E-state index in [2.05, 4.69) is 15.4 Å². The quantitative estimate of drug-likeness (QED) is 0.712. The van der Waals surface area contributed by atoms with Gasteiger partial charge in [0, 0.05) is 29.7 Å². The lowest BCUT2D eigenvalue weighted by molar-refractivity contribution is -0.121. The summed E-state index contributed by atoms with van der Waals surface area (Å²) in [5, 5.41) is 8.21. The van der Waals surface area contributed by atoms with Crippen LogP contribution in [0, 0.1) is 0 Å². The van der Waals surface area contributed by atoms with Gasteiger partial charge in [0.05, 0.1) is 12.0 Å². The van der Waals surface area contributed by atoms with E-state index in [0.29, 0.717) is 17.4 Å². The molecule has 6 heteroatoms. The summed E-state index contributed by atoms with van der Waals surface area (Å²) >= 11 is 6.03. The van der Waals surface area contributed by atoms with Crippen LogP contribution < -0.4 is 5.32 Å². The van der Waals surface area contributed by atoms with Gasteiger partial charge in [-0.2, -0.15) is 5.10 Å². The topological polar surface area (TPSA) is 59.8 Å². The minimum atomic E-state index is -0.501. The van der Waals surface area contributed by atoms with Crippen molar-refractivity contribution in [2.45, 2.75) is 37.6 Å². The average molecular weight is 381 g/mol. The highest BCUT2D eigenvalue weighted by Gasteiger charge is 2.42. The largest absolute Gasteiger partial charge is 0.308 e. The molecule has 0 unspecified atom stereocenters. The summed E-state index contributed by atoms with van der Waals surface area (Å²) < 4.78 is 1.81. The standard InChI is InChI=1S/C21H21ClN4O/c22-18-5-3-17(4-6-18)21(10-1-2-11-21)20(27)24-19-9-14-26(25-19)15-16-7-12-23-13-8-16/h3-9,12-14H,1-2,10-11,15H2,(H,24,25,27). The van der Waals surface area contributed by atoms with Crippen LogP contribution in [0.25, 0.3) is 0 Å². The van der Waals surface area contributed by atoms with E-state index in [4.69, 9.17) is 11.6 Å². The van der Waals surface area contributed by atoms with Gasteiger partial charge in [-0.15, -0.1) is 0 Å². The first-order valence-corrected chi connectivity index (χ1v) is 9.53. The second-order valence-corrected chi connectivity index (χ2v) is 7.44. The van der Waals surface area contributed by atoms with Crippen molar-refractivity contribution in [3.63, 3.8) is 0 Å². The molecule has 138 valence electrons. The van der Waals surface area contributed by atoms with Crippen LogP contribution in [0.1, 0.15) is 36.8 Å². The van der Waals surface area contributed by atoms with E-state index >= 15 is 0 Å². The van der Waals surface area contributed by atoms with Gasteiger partial charge in [0.2, 0.25) is 5.91 Å². The fourth-order valence-electron chi connectivity index (χ4n) is 3.82. The summed E-state index contributed by atoms with van der Waals surface area (Å²) in [4.78, 5) is 17.2. The van der Waals surface area contributed by atoms with Crippen molar-refractivity contribution in [2.24, 2.45) is 0 Å². The fraction of sp³-hybridized carbons (Fsp3) is 0.286. The van der Waals surface area contributed by atoms with Gasteiger partial charge in [0.25, 0.3) is 0 Å². The molecule has 1 N–H and O–H groups in total. The molecule has 1 aliphatic rings. The minimum Gasteiger partial charge on any atom is -0.308 e. The van der Waals surface area contributed by atoms with Gasteiger partial charge in [0.15, 0.2) is 5.82 Å². The third kappa shape index (κ3) is 3.74. The van der Waals surface area contributed by atoms with Gasteiger partial charge in [-0.1, -0.05) is 36.6 Å². The Morgan fingerprint density at radius 2 is 1.78 bits per heavy atom. The number of pyridine rings is 1. The summed E-state index contributed by atoms with van der Waals surface area (Å²) in [6.07, 6.45) is 9.18. The molecule has 0 atom stereocenters. The van der Waals surface area contributed by atoms with Gasteiger partial charge in [-0.05, 0) is 48.2 Å². The Kier molecular flexibility index (Phi) is 4.94. The third-order valence-corrected chi connectivity index (χ3v) is 5.52. The molecular formula is C21H21ClN4O. The van der Waals surface area contributed by atoms with Crippen LogP contribution in [-0.4, -0.2) is 20.7 Å². The summed E-state index contributed by atoms with van der Waals surface area (Å²) in [5.74, 6) is 0.589. The smallest absolute Gasteiger partial charge is 0.236 e. The molecule has 0 bridgehead atoms. The van der Waals surface area contributed by atoms with Crippen molar-refractivity contribution in [1.82, 2.24) is 14.8 Å². The zero-order valence-corrected chi connectivity index (χ0v) is 15.7. The zero-order chi connectivity index (χ0) is 18.7. The van der Waals surface area contributed by atoms with Crippen molar-refractivity contribution in [1.29, 1.82) is 0 Å². The number of carbonyl (C=O) groups is 1.